The predicted molar refractivity (Wildman–Crippen MR) is 82.1 cm³/mol. The molecule has 1 heterocycles. The van der Waals surface area contributed by atoms with Crippen molar-refractivity contribution >= 4 is 0 Å². The number of aryl methyl sites for hydroxylation is 1. The Morgan fingerprint density at radius 1 is 1.25 bits per heavy atom. The lowest BCUT2D eigenvalue weighted by atomic mass is 10.1. The van der Waals surface area contributed by atoms with Gasteiger partial charge in [-0.1, -0.05) is 31.2 Å². The Morgan fingerprint density at radius 2 is 2.05 bits per heavy atom. The topological polar surface area (TPSA) is 47.1 Å². The second-order valence-corrected chi connectivity index (χ2v) is 5.00. The molecule has 2 N–H and O–H groups in total. The molecule has 1 aromatic carbocycles. The van der Waals surface area contributed by atoms with Gasteiger partial charge in [0.15, 0.2) is 0 Å². The van der Waals surface area contributed by atoms with Crippen LogP contribution in [0.5, 0.6) is 0 Å². The van der Waals surface area contributed by atoms with Gasteiger partial charge in [0.1, 0.15) is 0 Å². The van der Waals surface area contributed by atoms with Gasteiger partial charge in [-0.05, 0) is 24.1 Å². The van der Waals surface area contributed by atoms with Crippen molar-refractivity contribution in [3.63, 3.8) is 0 Å². The summed E-state index contributed by atoms with van der Waals surface area (Å²) in [6, 6.07) is 8.45. The van der Waals surface area contributed by atoms with E-state index < -0.39 is 0 Å². The molecule has 0 aliphatic carbocycles. The first kappa shape index (κ1) is 14.8. The van der Waals surface area contributed by atoms with Gasteiger partial charge in [0.2, 0.25) is 0 Å². The maximum atomic E-state index is 5.80. The number of rotatable bonds is 8. The van der Waals surface area contributed by atoms with Crippen LogP contribution in [0.1, 0.15) is 24.5 Å². The number of imidazole rings is 1. The number of benzene rings is 1. The summed E-state index contributed by atoms with van der Waals surface area (Å²) in [5.41, 5.74) is 8.40. The van der Waals surface area contributed by atoms with E-state index >= 15 is 0 Å². The Bertz CT molecular complexity index is 493. The molecule has 0 atom stereocenters. The summed E-state index contributed by atoms with van der Waals surface area (Å²) in [5, 5.41) is 0. The van der Waals surface area contributed by atoms with Crippen molar-refractivity contribution in [1.29, 1.82) is 0 Å². The zero-order valence-corrected chi connectivity index (χ0v) is 12.2. The molecule has 2 rings (SSSR count). The average molecular weight is 272 g/mol. The summed E-state index contributed by atoms with van der Waals surface area (Å²) in [6.45, 7) is 6.98. The minimum Gasteiger partial charge on any atom is -0.337 e. The lowest BCUT2D eigenvalue weighted by Gasteiger charge is -2.22. The highest BCUT2D eigenvalue weighted by Crippen LogP contribution is 2.11. The largest absolute Gasteiger partial charge is 0.337 e. The number of aromatic nitrogens is 2. The summed E-state index contributed by atoms with van der Waals surface area (Å²) in [4.78, 5) is 6.53. The van der Waals surface area contributed by atoms with Crippen molar-refractivity contribution in [3.8, 4) is 0 Å². The van der Waals surface area contributed by atoms with E-state index in [9.17, 15) is 0 Å². The quantitative estimate of drug-likeness (QED) is 0.802. The molecule has 0 bridgehead atoms. The molecule has 0 saturated carbocycles. The molecule has 20 heavy (non-hydrogen) atoms. The normalized spacial score (nSPS) is 11.2. The Hall–Kier alpha value is -1.65. The van der Waals surface area contributed by atoms with E-state index in [-0.39, 0.29) is 0 Å². The van der Waals surface area contributed by atoms with Crippen molar-refractivity contribution in [3.05, 3.63) is 54.1 Å². The van der Waals surface area contributed by atoms with Crippen LogP contribution in [0.25, 0.3) is 0 Å². The second-order valence-electron chi connectivity index (χ2n) is 5.00. The van der Waals surface area contributed by atoms with Gasteiger partial charge in [-0.15, -0.1) is 0 Å². The molecule has 0 saturated heterocycles. The molecule has 108 valence electrons. The molecule has 0 aliphatic rings. The smallest absolute Gasteiger partial charge is 0.0945 e. The van der Waals surface area contributed by atoms with Crippen LogP contribution in [0.4, 0.5) is 0 Å². The van der Waals surface area contributed by atoms with Gasteiger partial charge < -0.3 is 10.3 Å². The summed E-state index contributed by atoms with van der Waals surface area (Å²) in [7, 11) is 0. The molecule has 0 aliphatic heterocycles. The molecule has 0 amide bonds. The zero-order valence-electron chi connectivity index (χ0n) is 12.2. The number of hydrogen-bond donors (Lipinski definition) is 1. The van der Waals surface area contributed by atoms with E-state index in [0.29, 0.717) is 6.54 Å². The van der Waals surface area contributed by atoms with Crippen LogP contribution in [0.3, 0.4) is 0 Å². The van der Waals surface area contributed by atoms with Crippen molar-refractivity contribution in [2.45, 2.75) is 33.0 Å². The Balaban J connectivity index is 1.85. The first-order chi connectivity index (χ1) is 9.83. The van der Waals surface area contributed by atoms with E-state index in [0.717, 1.165) is 32.6 Å². The van der Waals surface area contributed by atoms with Crippen molar-refractivity contribution in [1.82, 2.24) is 14.5 Å². The van der Waals surface area contributed by atoms with Gasteiger partial charge in [-0.25, -0.2) is 4.98 Å². The van der Waals surface area contributed by atoms with Crippen LogP contribution >= 0.6 is 0 Å². The molecule has 1 aromatic heterocycles. The molecule has 0 fully saturated rings. The SMILES string of the molecule is CCN(CCCn1ccnc1)Cc1ccccc1CN. The van der Waals surface area contributed by atoms with Crippen LogP contribution in [0.2, 0.25) is 0 Å². The number of nitrogens with two attached hydrogens (primary N) is 1. The van der Waals surface area contributed by atoms with Crippen LogP contribution in [-0.4, -0.2) is 27.5 Å². The minimum absolute atomic E-state index is 0.614. The fraction of sp³-hybridized carbons (Fsp3) is 0.438. The summed E-state index contributed by atoms with van der Waals surface area (Å²) in [6.07, 6.45) is 6.85. The number of nitrogens with zero attached hydrogens (tertiary/aromatic N) is 3. The monoisotopic (exact) mass is 272 g/mol. The first-order valence-electron chi connectivity index (χ1n) is 7.28. The van der Waals surface area contributed by atoms with Crippen molar-refractivity contribution in [2.75, 3.05) is 13.1 Å². The van der Waals surface area contributed by atoms with Gasteiger partial charge in [-0.2, -0.15) is 0 Å². The molecule has 0 radical (unpaired) electrons. The molecule has 0 spiro atoms. The standard InChI is InChI=1S/C16H24N4/c1-2-19(9-5-10-20-11-8-18-14-20)13-16-7-4-3-6-15(16)12-17/h3-4,6-8,11,14H,2,5,9-10,12-13,17H2,1H3. The Labute approximate surface area is 121 Å². The molecule has 4 heteroatoms. The van der Waals surface area contributed by atoms with Gasteiger partial charge >= 0.3 is 0 Å². The molecular weight excluding hydrogens is 248 g/mol. The highest BCUT2D eigenvalue weighted by atomic mass is 15.1. The van der Waals surface area contributed by atoms with E-state index in [1.54, 1.807) is 0 Å². The molecule has 0 unspecified atom stereocenters. The fourth-order valence-electron chi connectivity index (χ4n) is 2.40. The summed E-state index contributed by atoms with van der Waals surface area (Å²) in [5.74, 6) is 0. The van der Waals surface area contributed by atoms with Crippen LogP contribution < -0.4 is 5.73 Å². The highest BCUT2D eigenvalue weighted by Gasteiger charge is 2.06. The third-order valence-electron chi connectivity index (χ3n) is 3.63. The highest BCUT2D eigenvalue weighted by molar-refractivity contribution is 5.26. The molecular formula is C16H24N4. The minimum atomic E-state index is 0.614. The Morgan fingerprint density at radius 3 is 2.70 bits per heavy atom. The van der Waals surface area contributed by atoms with Crippen LogP contribution in [0, 0.1) is 0 Å². The van der Waals surface area contributed by atoms with E-state index in [1.807, 2.05) is 18.7 Å². The van der Waals surface area contributed by atoms with Gasteiger partial charge in [0.25, 0.3) is 0 Å². The maximum Gasteiger partial charge on any atom is 0.0945 e. The first-order valence-corrected chi connectivity index (χ1v) is 7.28. The number of hydrogen-bond acceptors (Lipinski definition) is 3. The second kappa shape index (κ2) is 7.82. The van der Waals surface area contributed by atoms with Crippen LogP contribution in [0.15, 0.2) is 43.0 Å². The lowest BCUT2D eigenvalue weighted by molar-refractivity contribution is 0.270. The van der Waals surface area contributed by atoms with E-state index in [4.69, 9.17) is 5.73 Å². The van der Waals surface area contributed by atoms with Gasteiger partial charge in [0, 0.05) is 38.6 Å². The third-order valence-corrected chi connectivity index (χ3v) is 3.63. The molecule has 4 nitrogen and oxygen atoms in total. The summed E-state index contributed by atoms with van der Waals surface area (Å²) < 4.78 is 2.13. The van der Waals surface area contributed by atoms with Gasteiger partial charge in [0.05, 0.1) is 6.33 Å². The third kappa shape index (κ3) is 4.18. The molecule has 2 aromatic rings. The average Bonchev–Trinajstić information content (AvgIpc) is 3.00. The van der Waals surface area contributed by atoms with Crippen molar-refractivity contribution in [2.24, 2.45) is 5.73 Å². The zero-order chi connectivity index (χ0) is 14.2. The fourth-order valence-corrected chi connectivity index (χ4v) is 2.40. The van der Waals surface area contributed by atoms with Gasteiger partial charge in [-0.3, -0.25) is 4.90 Å². The summed E-state index contributed by atoms with van der Waals surface area (Å²) >= 11 is 0. The van der Waals surface area contributed by atoms with E-state index in [1.165, 1.54) is 11.1 Å². The van der Waals surface area contributed by atoms with Crippen molar-refractivity contribution < 1.29 is 0 Å². The Kier molecular flexibility index (Phi) is 5.77. The maximum absolute atomic E-state index is 5.80. The lowest BCUT2D eigenvalue weighted by Crippen LogP contribution is -2.25. The van der Waals surface area contributed by atoms with E-state index in [2.05, 4.69) is 45.6 Å². The predicted octanol–water partition coefficient (Wildman–Crippen LogP) is 2.25. The van der Waals surface area contributed by atoms with Crippen LogP contribution in [-0.2, 0) is 19.6 Å².